The minimum atomic E-state index is -2.13. The highest BCUT2D eigenvalue weighted by molar-refractivity contribution is 6.22. The van der Waals surface area contributed by atoms with Crippen LogP contribution in [0.4, 0.5) is 0 Å². The molecule has 3 unspecified atom stereocenters. The van der Waals surface area contributed by atoms with Crippen LogP contribution in [0.2, 0.25) is 0 Å². The number of allylic oxidation sites excluding steroid dienone is 2. The number of carbonyl (C=O) groups is 4. The number of hydrogen-bond donors (Lipinski definition) is 1. The number of methoxy groups -OCH3 is 1. The topological polar surface area (TPSA) is 125 Å². The van der Waals surface area contributed by atoms with Crippen LogP contribution in [0.15, 0.2) is 35.5 Å². The van der Waals surface area contributed by atoms with Crippen LogP contribution < -0.4 is 0 Å². The van der Waals surface area contributed by atoms with Gasteiger partial charge in [-0.15, -0.1) is 11.6 Å². The second kappa shape index (κ2) is 10.5. The minimum Gasteiger partial charge on any atom is -0.466 e. The van der Waals surface area contributed by atoms with Gasteiger partial charge >= 0.3 is 23.9 Å². The molecule has 2 aliphatic rings. The SMILES string of the molecule is C=C1C(=O)O[C@@H]2C=C(C)CC/C=C(/C(=O)OC)C(OC(C)=O)[C@@H](OC(=O)C(C)(O)C(C)Cl)[C@@H]12. The van der Waals surface area contributed by atoms with E-state index in [0.29, 0.717) is 12.8 Å². The molecule has 0 bridgehead atoms. The van der Waals surface area contributed by atoms with Gasteiger partial charge in [-0.25, -0.2) is 14.4 Å². The highest BCUT2D eigenvalue weighted by Gasteiger charge is 2.52. The molecule has 33 heavy (non-hydrogen) atoms. The van der Waals surface area contributed by atoms with E-state index in [9.17, 15) is 24.3 Å². The van der Waals surface area contributed by atoms with Crippen molar-refractivity contribution in [2.75, 3.05) is 7.11 Å². The Bertz CT molecular complexity index is 900. The third-order valence-electron chi connectivity index (χ3n) is 5.72. The van der Waals surface area contributed by atoms with E-state index in [1.54, 1.807) is 6.08 Å². The van der Waals surface area contributed by atoms with Crippen molar-refractivity contribution in [2.45, 2.75) is 69.8 Å². The van der Waals surface area contributed by atoms with Gasteiger partial charge in [-0.3, -0.25) is 4.79 Å². The first kappa shape index (κ1) is 26.6. The lowest BCUT2D eigenvalue weighted by Gasteiger charge is -2.35. The molecule has 0 amide bonds. The van der Waals surface area contributed by atoms with Crippen LogP contribution in [-0.4, -0.2) is 65.4 Å². The van der Waals surface area contributed by atoms with Gasteiger partial charge in [-0.1, -0.05) is 18.2 Å². The number of carbonyl (C=O) groups excluding carboxylic acids is 4. The second-order valence-corrected chi connectivity index (χ2v) is 8.94. The van der Waals surface area contributed by atoms with Crippen LogP contribution in [0.1, 0.15) is 40.5 Å². The standard InChI is InChI=1S/C23H29ClO9/c1-11-8-7-9-15(21(27)30-6)18(31-14(4)25)19(33-22(28)23(5,29)13(3)24)17-12(2)20(26)32-16(17)10-11/h9-10,13,16-19,29H,2,7-8H2,1,3-6H3/b11-10?,15-9+/t13?,16-,17+,18?,19+,23?/m1/s1. The Kier molecular flexibility index (Phi) is 8.48. The molecular formula is C23H29ClO9. The van der Waals surface area contributed by atoms with E-state index in [1.165, 1.54) is 13.0 Å². The second-order valence-electron chi connectivity index (χ2n) is 8.29. The van der Waals surface area contributed by atoms with Crippen molar-refractivity contribution in [2.24, 2.45) is 5.92 Å². The first-order chi connectivity index (χ1) is 15.3. The Morgan fingerprint density at radius 3 is 2.52 bits per heavy atom. The Hall–Kier alpha value is -2.65. The number of halogens is 1. The van der Waals surface area contributed by atoms with Gasteiger partial charge in [-0.2, -0.15) is 0 Å². The Labute approximate surface area is 197 Å². The molecule has 1 N–H and O–H groups in total. The van der Waals surface area contributed by atoms with Crippen molar-refractivity contribution in [3.05, 3.63) is 35.5 Å². The largest absolute Gasteiger partial charge is 0.466 e. The number of rotatable bonds is 5. The lowest BCUT2D eigenvalue weighted by molar-refractivity contribution is -0.183. The van der Waals surface area contributed by atoms with Crippen LogP contribution in [0.25, 0.3) is 0 Å². The van der Waals surface area contributed by atoms with Crippen LogP contribution in [0, 0.1) is 5.92 Å². The Balaban J connectivity index is 2.72. The average Bonchev–Trinajstić information content (AvgIpc) is 2.99. The maximum atomic E-state index is 12.9. The molecule has 0 aromatic rings. The van der Waals surface area contributed by atoms with Gasteiger partial charge in [0.1, 0.15) is 6.10 Å². The summed E-state index contributed by atoms with van der Waals surface area (Å²) >= 11 is 5.96. The van der Waals surface area contributed by atoms with Gasteiger partial charge in [0, 0.05) is 12.5 Å². The van der Waals surface area contributed by atoms with Gasteiger partial charge in [0.2, 0.25) is 0 Å². The zero-order valence-corrected chi connectivity index (χ0v) is 20.0. The van der Waals surface area contributed by atoms with E-state index >= 15 is 0 Å². The molecular weight excluding hydrogens is 456 g/mol. The first-order valence-electron chi connectivity index (χ1n) is 10.4. The van der Waals surface area contributed by atoms with Crippen molar-refractivity contribution in [3.63, 3.8) is 0 Å². The van der Waals surface area contributed by atoms with E-state index in [1.807, 2.05) is 6.92 Å². The number of aliphatic hydroxyl groups is 1. The molecule has 1 fully saturated rings. The van der Waals surface area contributed by atoms with Crippen molar-refractivity contribution < 1.29 is 43.2 Å². The molecule has 0 aromatic heterocycles. The fourth-order valence-corrected chi connectivity index (χ4v) is 3.69. The maximum absolute atomic E-state index is 12.9. The molecule has 0 spiro atoms. The highest BCUT2D eigenvalue weighted by Crippen LogP contribution is 2.38. The molecule has 0 radical (unpaired) electrons. The predicted molar refractivity (Wildman–Crippen MR) is 117 cm³/mol. The molecule has 9 nitrogen and oxygen atoms in total. The summed E-state index contributed by atoms with van der Waals surface area (Å²) in [7, 11) is 1.16. The molecule has 0 saturated carbocycles. The van der Waals surface area contributed by atoms with Crippen LogP contribution in [-0.2, 0) is 38.1 Å². The summed E-state index contributed by atoms with van der Waals surface area (Å²) in [5.74, 6) is -4.47. The monoisotopic (exact) mass is 484 g/mol. The Morgan fingerprint density at radius 2 is 1.97 bits per heavy atom. The van der Waals surface area contributed by atoms with E-state index in [0.717, 1.165) is 26.5 Å². The lowest BCUT2D eigenvalue weighted by atomic mass is 9.83. The molecule has 1 heterocycles. The average molecular weight is 485 g/mol. The lowest BCUT2D eigenvalue weighted by Crippen LogP contribution is -2.51. The third kappa shape index (κ3) is 5.83. The normalized spacial score (nSPS) is 29.8. The zero-order chi connectivity index (χ0) is 25.1. The van der Waals surface area contributed by atoms with Gasteiger partial charge in [0.15, 0.2) is 17.8 Å². The van der Waals surface area contributed by atoms with Crippen molar-refractivity contribution in [1.82, 2.24) is 0 Å². The van der Waals surface area contributed by atoms with Gasteiger partial charge in [0.05, 0.1) is 24.0 Å². The van der Waals surface area contributed by atoms with Crippen molar-refractivity contribution in [1.29, 1.82) is 0 Å². The summed E-state index contributed by atoms with van der Waals surface area (Å²) in [5, 5.41) is 9.51. The number of esters is 4. The molecule has 6 atom stereocenters. The van der Waals surface area contributed by atoms with E-state index in [4.69, 9.17) is 30.5 Å². The molecule has 1 aliphatic heterocycles. The highest BCUT2D eigenvalue weighted by atomic mass is 35.5. The van der Waals surface area contributed by atoms with Crippen LogP contribution >= 0.6 is 11.6 Å². The van der Waals surface area contributed by atoms with Gasteiger partial charge in [0.25, 0.3) is 0 Å². The summed E-state index contributed by atoms with van der Waals surface area (Å²) in [4.78, 5) is 50.0. The summed E-state index contributed by atoms with van der Waals surface area (Å²) < 4.78 is 21.4. The fraction of sp³-hybridized carbons (Fsp3) is 0.565. The minimum absolute atomic E-state index is 0.0395. The number of hydrogen-bond acceptors (Lipinski definition) is 9. The molecule has 10 heteroatoms. The molecule has 1 aliphatic carbocycles. The first-order valence-corrected chi connectivity index (χ1v) is 10.8. The Morgan fingerprint density at radius 1 is 1.33 bits per heavy atom. The third-order valence-corrected chi connectivity index (χ3v) is 6.14. The maximum Gasteiger partial charge on any atom is 0.339 e. The summed E-state index contributed by atoms with van der Waals surface area (Å²) in [6.45, 7) is 9.28. The quantitative estimate of drug-likeness (QED) is 0.205. The smallest absolute Gasteiger partial charge is 0.339 e. The summed E-state index contributed by atoms with van der Waals surface area (Å²) in [6, 6.07) is 0. The molecule has 0 aromatic carbocycles. The van der Waals surface area contributed by atoms with E-state index in [-0.39, 0.29) is 11.1 Å². The predicted octanol–water partition coefficient (Wildman–Crippen LogP) is 2.15. The van der Waals surface area contributed by atoms with E-state index < -0.39 is 59.1 Å². The number of fused-ring (bicyclic) bond motifs is 1. The van der Waals surface area contributed by atoms with Crippen LogP contribution in [0.3, 0.4) is 0 Å². The van der Waals surface area contributed by atoms with Crippen molar-refractivity contribution in [3.8, 4) is 0 Å². The zero-order valence-electron chi connectivity index (χ0n) is 19.3. The van der Waals surface area contributed by atoms with Crippen molar-refractivity contribution >= 4 is 35.5 Å². The fourth-order valence-electron chi connectivity index (χ4n) is 3.60. The van der Waals surface area contributed by atoms with Gasteiger partial charge in [-0.05, 0) is 39.7 Å². The summed E-state index contributed by atoms with van der Waals surface area (Å²) in [5.41, 5.74) is -1.39. The molecule has 1 saturated heterocycles. The molecule has 2 rings (SSSR count). The van der Waals surface area contributed by atoms with Crippen LogP contribution in [0.5, 0.6) is 0 Å². The van der Waals surface area contributed by atoms with Gasteiger partial charge < -0.3 is 24.1 Å². The summed E-state index contributed by atoms with van der Waals surface area (Å²) in [6.07, 6.45) is 0.283. The van der Waals surface area contributed by atoms with E-state index in [2.05, 4.69) is 6.58 Å². The number of alkyl halides is 1. The molecule has 182 valence electrons. The number of ether oxygens (including phenoxy) is 4.